The lowest BCUT2D eigenvalue weighted by atomic mass is 9.92. The van der Waals surface area contributed by atoms with Gasteiger partial charge >= 0.3 is 0 Å². The molecule has 0 saturated carbocycles. The Hall–Kier alpha value is -1.11. The van der Waals surface area contributed by atoms with Gasteiger partial charge in [-0.3, -0.25) is 0 Å². The van der Waals surface area contributed by atoms with Crippen LogP contribution in [0.1, 0.15) is 18.4 Å². The zero-order valence-corrected chi connectivity index (χ0v) is 6.18. The van der Waals surface area contributed by atoms with Gasteiger partial charge in [0.1, 0.15) is 5.82 Å². The van der Waals surface area contributed by atoms with Gasteiger partial charge in [0.2, 0.25) is 0 Å². The number of benzene rings is 1. The number of hydrogen-bond acceptors (Lipinski definition) is 0. The number of hydrogen-bond donors (Lipinski definition) is 0. The molecule has 2 rings (SSSR count). The van der Waals surface area contributed by atoms with Crippen LogP contribution in [0.15, 0.2) is 30.3 Å². The number of allylic oxidation sites excluding steroid dienone is 2. The predicted molar refractivity (Wildman–Crippen MR) is 43.6 cm³/mol. The zero-order valence-electron chi connectivity index (χ0n) is 6.18. The molecule has 0 N–H and O–H groups in total. The molecule has 56 valence electrons. The molecule has 0 aromatic heterocycles. The van der Waals surface area contributed by atoms with Crippen LogP contribution in [0.5, 0.6) is 0 Å². The lowest BCUT2D eigenvalue weighted by molar-refractivity contribution is 0.627. The van der Waals surface area contributed by atoms with Crippen molar-refractivity contribution in [1.82, 2.24) is 0 Å². The van der Waals surface area contributed by atoms with Gasteiger partial charge in [0.25, 0.3) is 0 Å². The van der Waals surface area contributed by atoms with Crippen LogP contribution in [-0.2, 0) is 0 Å². The second-order valence-electron chi connectivity index (χ2n) is 2.77. The molecule has 0 amide bonds. The molecule has 0 bridgehead atoms. The van der Waals surface area contributed by atoms with Crippen molar-refractivity contribution >= 4 is 5.57 Å². The maximum Gasteiger partial charge on any atom is 0.123 e. The summed E-state index contributed by atoms with van der Waals surface area (Å²) in [6, 6.07) is 6.68. The highest BCUT2D eigenvalue weighted by molar-refractivity contribution is 5.69. The summed E-state index contributed by atoms with van der Waals surface area (Å²) in [6.45, 7) is 0. The van der Waals surface area contributed by atoms with Crippen LogP contribution in [0, 0.1) is 5.82 Å². The molecule has 1 aliphatic carbocycles. The van der Waals surface area contributed by atoms with E-state index in [9.17, 15) is 4.39 Å². The van der Waals surface area contributed by atoms with Crippen molar-refractivity contribution in [2.45, 2.75) is 12.8 Å². The summed E-state index contributed by atoms with van der Waals surface area (Å²) >= 11 is 0. The average Bonchev–Trinajstić information content (AvgIpc) is 1.90. The molecule has 1 aromatic carbocycles. The topological polar surface area (TPSA) is 0 Å². The van der Waals surface area contributed by atoms with Crippen LogP contribution >= 0.6 is 0 Å². The summed E-state index contributed by atoms with van der Waals surface area (Å²) < 4.78 is 12.5. The lowest BCUT2D eigenvalue weighted by Crippen LogP contribution is -1.92. The van der Waals surface area contributed by atoms with Crippen LogP contribution in [0.2, 0.25) is 0 Å². The summed E-state index contributed by atoms with van der Waals surface area (Å²) in [5, 5.41) is 0. The Morgan fingerprint density at radius 1 is 1.09 bits per heavy atom. The van der Waals surface area contributed by atoms with Gasteiger partial charge in [0.05, 0.1) is 0 Å². The van der Waals surface area contributed by atoms with E-state index in [0.29, 0.717) is 0 Å². The monoisotopic (exact) mass is 148 g/mol. The van der Waals surface area contributed by atoms with E-state index in [2.05, 4.69) is 6.08 Å². The largest absolute Gasteiger partial charge is 0.207 e. The summed E-state index contributed by atoms with van der Waals surface area (Å²) in [7, 11) is 0. The quantitative estimate of drug-likeness (QED) is 0.574. The normalized spacial score (nSPS) is 15.5. The second-order valence-corrected chi connectivity index (χ2v) is 2.77. The van der Waals surface area contributed by atoms with Crippen LogP contribution in [0.25, 0.3) is 5.57 Å². The Bertz CT molecular complexity index is 282. The van der Waals surface area contributed by atoms with Crippen molar-refractivity contribution < 1.29 is 4.39 Å². The molecule has 11 heavy (non-hydrogen) atoms. The first-order valence-corrected chi connectivity index (χ1v) is 3.81. The Morgan fingerprint density at radius 3 is 2.18 bits per heavy atom. The standard InChI is InChI=1S/C10H9F/c11-10-6-4-9(5-7-10)8-2-1-3-8/h2,4-7H,1,3H2. The molecular formula is C10H9F. The van der Waals surface area contributed by atoms with E-state index >= 15 is 0 Å². The van der Waals surface area contributed by atoms with Crippen LogP contribution in [-0.4, -0.2) is 0 Å². The minimum atomic E-state index is -0.159. The first-order valence-electron chi connectivity index (χ1n) is 3.81. The van der Waals surface area contributed by atoms with Crippen LogP contribution < -0.4 is 0 Å². The molecular weight excluding hydrogens is 139 g/mol. The first kappa shape index (κ1) is 6.59. The Balaban J connectivity index is 2.32. The van der Waals surface area contributed by atoms with Gasteiger partial charge in [-0.05, 0) is 36.1 Å². The smallest absolute Gasteiger partial charge is 0.123 e. The fraction of sp³-hybridized carbons (Fsp3) is 0.200. The van der Waals surface area contributed by atoms with Crippen molar-refractivity contribution in [3.8, 4) is 0 Å². The number of rotatable bonds is 1. The van der Waals surface area contributed by atoms with Gasteiger partial charge in [-0.25, -0.2) is 4.39 Å². The van der Waals surface area contributed by atoms with Crippen molar-refractivity contribution in [2.75, 3.05) is 0 Å². The average molecular weight is 148 g/mol. The van der Waals surface area contributed by atoms with Gasteiger partial charge in [0.15, 0.2) is 0 Å². The van der Waals surface area contributed by atoms with Gasteiger partial charge < -0.3 is 0 Å². The molecule has 0 fully saturated rings. The van der Waals surface area contributed by atoms with Gasteiger partial charge in [0, 0.05) is 0 Å². The minimum Gasteiger partial charge on any atom is -0.207 e. The molecule has 0 atom stereocenters. The third kappa shape index (κ3) is 1.18. The van der Waals surface area contributed by atoms with Gasteiger partial charge in [-0.2, -0.15) is 0 Å². The van der Waals surface area contributed by atoms with Crippen LogP contribution in [0.3, 0.4) is 0 Å². The summed E-state index contributed by atoms with van der Waals surface area (Å²) in [6.07, 6.45) is 4.51. The maximum atomic E-state index is 12.5. The Labute approximate surface area is 65.4 Å². The zero-order chi connectivity index (χ0) is 7.68. The van der Waals surface area contributed by atoms with E-state index in [0.717, 1.165) is 12.0 Å². The summed E-state index contributed by atoms with van der Waals surface area (Å²) in [5.74, 6) is -0.159. The Kier molecular flexibility index (Phi) is 1.50. The highest BCUT2D eigenvalue weighted by Gasteiger charge is 2.07. The molecule has 0 unspecified atom stereocenters. The molecule has 1 aromatic rings. The third-order valence-corrected chi connectivity index (χ3v) is 2.02. The molecule has 0 saturated heterocycles. The Morgan fingerprint density at radius 2 is 1.73 bits per heavy atom. The lowest BCUT2D eigenvalue weighted by Gasteiger charge is -2.13. The van der Waals surface area contributed by atoms with Gasteiger partial charge in [-0.15, -0.1) is 0 Å². The molecule has 1 heteroatoms. The molecule has 0 spiro atoms. The highest BCUT2D eigenvalue weighted by Crippen LogP contribution is 2.28. The fourth-order valence-corrected chi connectivity index (χ4v) is 1.21. The van der Waals surface area contributed by atoms with Gasteiger partial charge in [-0.1, -0.05) is 18.2 Å². The highest BCUT2D eigenvalue weighted by atomic mass is 19.1. The molecule has 0 heterocycles. The summed E-state index contributed by atoms with van der Waals surface area (Å²) in [5.41, 5.74) is 2.52. The van der Waals surface area contributed by atoms with E-state index in [4.69, 9.17) is 0 Å². The molecule has 0 radical (unpaired) electrons. The third-order valence-electron chi connectivity index (χ3n) is 2.02. The molecule has 1 aliphatic rings. The SMILES string of the molecule is Fc1ccc(C2=CCC2)cc1. The van der Waals surface area contributed by atoms with Crippen molar-refractivity contribution in [3.63, 3.8) is 0 Å². The predicted octanol–water partition coefficient (Wildman–Crippen LogP) is 3.00. The van der Waals surface area contributed by atoms with E-state index < -0.39 is 0 Å². The van der Waals surface area contributed by atoms with Crippen molar-refractivity contribution in [1.29, 1.82) is 0 Å². The first-order chi connectivity index (χ1) is 5.36. The fourth-order valence-electron chi connectivity index (χ4n) is 1.21. The van der Waals surface area contributed by atoms with E-state index in [1.165, 1.54) is 24.1 Å². The van der Waals surface area contributed by atoms with Crippen molar-refractivity contribution in [3.05, 3.63) is 41.7 Å². The maximum absolute atomic E-state index is 12.5. The van der Waals surface area contributed by atoms with E-state index in [-0.39, 0.29) is 5.82 Å². The minimum absolute atomic E-state index is 0.159. The van der Waals surface area contributed by atoms with Crippen molar-refractivity contribution in [2.24, 2.45) is 0 Å². The number of halogens is 1. The molecule has 0 nitrogen and oxygen atoms in total. The van der Waals surface area contributed by atoms with E-state index in [1.54, 1.807) is 0 Å². The van der Waals surface area contributed by atoms with Crippen LogP contribution in [0.4, 0.5) is 4.39 Å². The summed E-state index contributed by atoms with van der Waals surface area (Å²) in [4.78, 5) is 0. The molecule has 0 aliphatic heterocycles. The van der Waals surface area contributed by atoms with E-state index in [1.807, 2.05) is 12.1 Å². The second kappa shape index (κ2) is 2.50.